The summed E-state index contributed by atoms with van der Waals surface area (Å²) in [5, 5.41) is 0. The number of fused-ring (bicyclic) bond motifs is 1. The second-order valence-electron chi connectivity index (χ2n) is 4.11. The number of aromatic nitrogens is 3. The van der Waals surface area contributed by atoms with Gasteiger partial charge in [0.1, 0.15) is 5.75 Å². The molecule has 1 aromatic carbocycles. The van der Waals surface area contributed by atoms with Gasteiger partial charge in [0.25, 0.3) is 0 Å². The Labute approximate surface area is 115 Å². The number of carbonyl (C=O) groups excluding carboxylic acids is 1. The van der Waals surface area contributed by atoms with Gasteiger partial charge in [-0.3, -0.25) is 14.8 Å². The van der Waals surface area contributed by atoms with Crippen molar-refractivity contribution in [1.29, 1.82) is 0 Å². The number of nitrogens with zero attached hydrogens (tertiary/aromatic N) is 3. The molecule has 5 nitrogen and oxygen atoms in total. The van der Waals surface area contributed by atoms with Gasteiger partial charge in [-0.25, -0.2) is 4.98 Å². The summed E-state index contributed by atoms with van der Waals surface area (Å²) in [4.78, 5) is 25.2. The van der Waals surface area contributed by atoms with Crippen LogP contribution < -0.4 is 4.74 Å². The fraction of sp³-hybridized carbons (Fsp3) is 0.0667. The molecule has 0 atom stereocenters. The molecule has 0 unspecified atom stereocenters. The first-order valence-electron chi connectivity index (χ1n) is 6.04. The van der Waals surface area contributed by atoms with Gasteiger partial charge in [0.05, 0.1) is 23.7 Å². The average molecular weight is 265 g/mol. The van der Waals surface area contributed by atoms with Gasteiger partial charge in [-0.05, 0) is 24.3 Å². The Morgan fingerprint density at radius 1 is 1.00 bits per heavy atom. The molecule has 0 bridgehead atoms. The quantitative estimate of drug-likeness (QED) is 0.680. The molecule has 0 amide bonds. The zero-order valence-corrected chi connectivity index (χ0v) is 10.8. The van der Waals surface area contributed by atoms with E-state index in [-0.39, 0.29) is 11.5 Å². The van der Waals surface area contributed by atoms with Crippen molar-refractivity contribution in [3.8, 4) is 5.75 Å². The number of ketones is 1. The van der Waals surface area contributed by atoms with E-state index in [9.17, 15) is 4.79 Å². The number of hydrogen-bond donors (Lipinski definition) is 0. The number of methoxy groups -OCH3 is 1. The van der Waals surface area contributed by atoms with E-state index in [0.29, 0.717) is 22.3 Å². The van der Waals surface area contributed by atoms with Crippen molar-refractivity contribution in [1.82, 2.24) is 15.0 Å². The van der Waals surface area contributed by atoms with Gasteiger partial charge in [0, 0.05) is 18.6 Å². The lowest BCUT2D eigenvalue weighted by atomic mass is 10.1. The molecule has 0 aliphatic carbocycles. The lowest BCUT2D eigenvalue weighted by Gasteiger charge is -2.07. The fourth-order valence-electron chi connectivity index (χ4n) is 2.03. The summed E-state index contributed by atoms with van der Waals surface area (Å²) in [6, 6.07) is 8.73. The van der Waals surface area contributed by atoms with Gasteiger partial charge in [-0.1, -0.05) is 6.07 Å². The highest BCUT2D eigenvalue weighted by molar-refractivity contribution is 6.15. The third kappa shape index (κ3) is 1.99. The molecular formula is C15H11N3O2. The molecule has 0 saturated carbocycles. The summed E-state index contributed by atoms with van der Waals surface area (Å²) in [7, 11) is 1.51. The summed E-state index contributed by atoms with van der Waals surface area (Å²) in [5.41, 5.74) is 1.97. The highest BCUT2D eigenvalue weighted by Crippen LogP contribution is 2.22. The molecule has 0 N–H and O–H groups in total. The van der Waals surface area contributed by atoms with E-state index in [0.717, 1.165) is 0 Å². The predicted octanol–water partition coefficient (Wildman–Crippen LogP) is 2.26. The van der Waals surface area contributed by atoms with E-state index >= 15 is 0 Å². The van der Waals surface area contributed by atoms with Crippen molar-refractivity contribution < 1.29 is 9.53 Å². The van der Waals surface area contributed by atoms with Crippen LogP contribution in [0.3, 0.4) is 0 Å². The maximum atomic E-state index is 12.6. The van der Waals surface area contributed by atoms with Gasteiger partial charge >= 0.3 is 0 Å². The second kappa shape index (κ2) is 5.05. The number of benzene rings is 1. The van der Waals surface area contributed by atoms with Gasteiger partial charge < -0.3 is 4.74 Å². The first-order valence-corrected chi connectivity index (χ1v) is 6.04. The lowest BCUT2D eigenvalue weighted by Crippen LogP contribution is -2.07. The van der Waals surface area contributed by atoms with Crippen molar-refractivity contribution in [2.24, 2.45) is 0 Å². The first-order chi connectivity index (χ1) is 9.81. The Balaban J connectivity index is 2.18. The molecular weight excluding hydrogens is 254 g/mol. The van der Waals surface area contributed by atoms with Gasteiger partial charge in [0.2, 0.25) is 5.78 Å². The average Bonchev–Trinajstić information content (AvgIpc) is 2.53. The van der Waals surface area contributed by atoms with Crippen LogP contribution in [0.4, 0.5) is 0 Å². The Bertz CT molecular complexity index is 781. The minimum absolute atomic E-state index is 0.228. The minimum Gasteiger partial charge on any atom is -0.494 e. The van der Waals surface area contributed by atoms with Crippen LogP contribution in [-0.4, -0.2) is 27.8 Å². The number of ether oxygens (including phenoxy) is 1. The molecule has 0 spiro atoms. The molecule has 3 aromatic rings. The number of para-hydroxylation sites is 1. The summed E-state index contributed by atoms with van der Waals surface area (Å²) in [6.07, 6.45) is 4.72. The molecule has 0 aliphatic rings. The van der Waals surface area contributed by atoms with Gasteiger partial charge in [0.15, 0.2) is 5.69 Å². The van der Waals surface area contributed by atoms with Crippen molar-refractivity contribution >= 4 is 16.8 Å². The summed E-state index contributed by atoms with van der Waals surface area (Å²) < 4.78 is 5.18. The van der Waals surface area contributed by atoms with Gasteiger partial charge in [-0.15, -0.1) is 0 Å². The number of hydrogen-bond acceptors (Lipinski definition) is 5. The summed E-state index contributed by atoms with van der Waals surface area (Å²) in [6.45, 7) is 0. The maximum Gasteiger partial charge on any atom is 0.217 e. The number of pyridine rings is 1. The fourth-order valence-corrected chi connectivity index (χ4v) is 2.03. The molecule has 98 valence electrons. The molecule has 2 aromatic heterocycles. The monoisotopic (exact) mass is 265 g/mol. The van der Waals surface area contributed by atoms with Crippen LogP contribution in [0, 0.1) is 0 Å². The smallest absolute Gasteiger partial charge is 0.217 e. The van der Waals surface area contributed by atoms with Crippen LogP contribution in [0.2, 0.25) is 0 Å². The van der Waals surface area contributed by atoms with E-state index in [1.165, 1.54) is 7.11 Å². The highest BCUT2D eigenvalue weighted by atomic mass is 16.5. The van der Waals surface area contributed by atoms with Crippen LogP contribution in [0.5, 0.6) is 5.75 Å². The first kappa shape index (κ1) is 12.2. The normalized spacial score (nSPS) is 10.4. The van der Waals surface area contributed by atoms with Crippen LogP contribution in [0.1, 0.15) is 16.1 Å². The molecule has 0 fully saturated rings. The van der Waals surface area contributed by atoms with E-state index < -0.39 is 0 Å². The molecule has 20 heavy (non-hydrogen) atoms. The summed E-state index contributed by atoms with van der Waals surface area (Å²) >= 11 is 0. The number of rotatable bonds is 3. The highest BCUT2D eigenvalue weighted by Gasteiger charge is 2.18. The molecule has 2 heterocycles. The van der Waals surface area contributed by atoms with Gasteiger partial charge in [-0.2, -0.15) is 0 Å². The third-order valence-corrected chi connectivity index (χ3v) is 2.95. The second-order valence-corrected chi connectivity index (χ2v) is 4.11. The van der Waals surface area contributed by atoms with Crippen molar-refractivity contribution in [3.05, 3.63) is 60.2 Å². The van der Waals surface area contributed by atoms with E-state index in [1.54, 1.807) is 42.9 Å². The zero-order chi connectivity index (χ0) is 13.9. The Hall–Kier alpha value is -2.82. The largest absolute Gasteiger partial charge is 0.494 e. The van der Waals surface area contributed by atoms with Crippen LogP contribution in [0.15, 0.2) is 48.9 Å². The van der Waals surface area contributed by atoms with Crippen LogP contribution >= 0.6 is 0 Å². The Morgan fingerprint density at radius 2 is 1.85 bits per heavy atom. The summed E-state index contributed by atoms with van der Waals surface area (Å²) in [5.74, 6) is 0.215. The van der Waals surface area contributed by atoms with Crippen molar-refractivity contribution in [2.45, 2.75) is 0 Å². The minimum atomic E-state index is -0.228. The SMILES string of the molecule is COc1cccnc1C(=O)c1cccc2nccnc12. The van der Waals surface area contributed by atoms with E-state index in [4.69, 9.17) is 4.74 Å². The lowest BCUT2D eigenvalue weighted by molar-refractivity contribution is 0.103. The number of carbonyl (C=O) groups is 1. The topological polar surface area (TPSA) is 65.0 Å². The van der Waals surface area contributed by atoms with E-state index in [1.807, 2.05) is 6.07 Å². The molecule has 3 rings (SSSR count). The molecule has 0 aliphatic heterocycles. The Kier molecular flexibility index (Phi) is 3.09. The standard InChI is InChI=1S/C15H11N3O2/c1-20-12-6-3-7-17-14(12)15(19)10-4-2-5-11-13(10)18-9-8-16-11/h2-9H,1H3. The molecule has 0 saturated heterocycles. The van der Waals surface area contributed by atoms with Crippen LogP contribution in [-0.2, 0) is 0 Å². The van der Waals surface area contributed by atoms with Crippen molar-refractivity contribution in [3.63, 3.8) is 0 Å². The Morgan fingerprint density at radius 3 is 2.70 bits per heavy atom. The van der Waals surface area contributed by atoms with E-state index in [2.05, 4.69) is 15.0 Å². The molecule has 0 radical (unpaired) electrons. The molecule has 5 heteroatoms. The maximum absolute atomic E-state index is 12.6. The third-order valence-electron chi connectivity index (χ3n) is 2.95. The van der Waals surface area contributed by atoms with Crippen molar-refractivity contribution in [2.75, 3.05) is 7.11 Å². The zero-order valence-electron chi connectivity index (χ0n) is 10.8. The van der Waals surface area contributed by atoms with Crippen LogP contribution in [0.25, 0.3) is 11.0 Å². The predicted molar refractivity (Wildman–Crippen MR) is 73.8 cm³/mol.